The Labute approximate surface area is 110 Å². The Kier molecular flexibility index (Phi) is 13.6. The first-order chi connectivity index (χ1) is 8.35. The smallest absolute Gasteiger partial charge is 0.0320 e. The standard InChI is InChI=1S/C17H34/c1-4-7-10-13-16-17(14-11-8-5-2)15-12-9-6-3/h16H,4-15H2,1-3H3. The maximum Gasteiger partial charge on any atom is -0.0320 e. The van der Waals surface area contributed by atoms with Gasteiger partial charge >= 0.3 is 0 Å². The summed E-state index contributed by atoms with van der Waals surface area (Å²) in [6, 6.07) is 0. The molecule has 102 valence electrons. The third-order valence-electron chi connectivity index (χ3n) is 3.44. The second kappa shape index (κ2) is 13.8. The molecule has 0 aliphatic carbocycles. The van der Waals surface area contributed by atoms with Crippen molar-refractivity contribution in [1.29, 1.82) is 0 Å². The molecule has 0 aromatic heterocycles. The van der Waals surface area contributed by atoms with Crippen LogP contribution in [-0.2, 0) is 0 Å². The minimum absolute atomic E-state index is 1.32. The molecule has 0 rings (SSSR count). The average Bonchev–Trinajstić information content (AvgIpc) is 2.34. The molecule has 0 aliphatic heterocycles. The molecule has 0 aliphatic rings. The molecule has 0 nitrogen and oxygen atoms in total. The zero-order valence-electron chi connectivity index (χ0n) is 12.6. The number of hydrogen-bond donors (Lipinski definition) is 0. The summed E-state index contributed by atoms with van der Waals surface area (Å²) in [6.45, 7) is 6.87. The predicted molar refractivity (Wildman–Crippen MR) is 80.5 cm³/mol. The van der Waals surface area contributed by atoms with E-state index in [-0.39, 0.29) is 0 Å². The number of rotatable bonds is 12. The summed E-state index contributed by atoms with van der Waals surface area (Å²) >= 11 is 0. The number of unbranched alkanes of at least 4 members (excludes halogenated alkanes) is 7. The van der Waals surface area contributed by atoms with Crippen molar-refractivity contribution in [2.45, 2.75) is 97.8 Å². The van der Waals surface area contributed by atoms with Crippen molar-refractivity contribution in [2.75, 3.05) is 0 Å². The van der Waals surface area contributed by atoms with Crippen molar-refractivity contribution in [3.8, 4) is 0 Å². The van der Waals surface area contributed by atoms with E-state index in [0.717, 1.165) is 0 Å². The molecule has 0 fully saturated rings. The van der Waals surface area contributed by atoms with Gasteiger partial charge in [-0.2, -0.15) is 0 Å². The van der Waals surface area contributed by atoms with E-state index in [2.05, 4.69) is 26.8 Å². The van der Waals surface area contributed by atoms with Gasteiger partial charge in [0.2, 0.25) is 0 Å². The van der Waals surface area contributed by atoms with Crippen molar-refractivity contribution < 1.29 is 0 Å². The van der Waals surface area contributed by atoms with Gasteiger partial charge in [-0.1, -0.05) is 70.9 Å². The molecule has 0 amide bonds. The lowest BCUT2D eigenvalue weighted by molar-refractivity contribution is 0.651. The van der Waals surface area contributed by atoms with E-state index in [9.17, 15) is 0 Å². The molecule has 0 aromatic rings. The molecule has 0 unspecified atom stereocenters. The lowest BCUT2D eigenvalue weighted by atomic mass is 9.99. The van der Waals surface area contributed by atoms with Gasteiger partial charge in [0.1, 0.15) is 0 Å². The van der Waals surface area contributed by atoms with Crippen molar-refractivity contribution in [2.24, 2.45) is 0 Å². The molecule has 0 heteroatoms. The van der Waals surface area contributed by atoms with Gasteiger partial charge in [0.25, 0.3) is 0 Å². The van der Waals surface area contributed by atoms with E-state index in [0.29, 0.717) is 0 Å². The summed E-state index contributed by atoms with van der Waals surface area (Å²) in [4.78, 5) is 0. The molecule has 0 atom stereocenters. The van der Waals surface area contributed by atoms with Gasteiger partial charge in [-0.3, -0.25) is 0 Å². The van der Waals surface area contributed by atoms with Gasteiger partial charge in [-0.25, -0.2) is 0 Å². The van der Waals surface area contributed by atoms with Crippen molar-refractivity contribution in [3.05, 3.63) is 11.6 Å². The minimum Gasteiger partial charge on any atom is -0.0853 e. The Balaban J connectivity index is 3.81. The number of hydrogen-bond acceptors (Lipinski definition) is 0. The molecule has 0 aromatic carbocycles. The fraction of sp³-hybridized carbons (Fsp3) is 0.882. The highest BCUT2D eigenvalue weighted by molar-refractivity contribution is 5.01. The van der Waals surface area contributed by atoms with Gasteiger partial charge in [0.15, 0.2) is 0 Å². The second-order valence-corrected chi connectivity index (χ2v) is 5.27. The Morgan fingerprint density at radius 3 is 1.59 bits per heavy atom. The Bertz CT molecular complexity index is 155. The maximum atomic E-state index is 2.56. The lowest BCUT2D eigenvalue weighted by Gasteiger charge is -2.07. The third kappa shape index (κ3) is 12.0. The largest absolute Gasteiger partial charge is 0.0853 e. The average molecular weight is 238 g/mol. The first-order valence-corrected chi connectivity index (χ1v) is 8.03. The fourth-order valence-corrected chi connectivity index (χ4v) is 2.23. The van der Waals surface area contributed by atoms with Gasteiger partial charge in [-0.15, -0.1) is 0 Å². The van der Waals surface area contributed by atoms with Crippen LogP contribution in [0.3, 0.4) is 0 Å². The van der Waals surface area contributed by atoms with Crippen LogP contribution in [0.2, 0.25) is 0 Å². The van der Waals surface area contributed by atoms with E-state index in [1.807, 2.05) is 0 Å². The van der Waals surface area contributed by atoms with Crippen LogP contribution in [0.25, 0.3) is 0 Å². The van der Waals surface area contributed by atoms with E-state index in [4.69, 9.17) is 0 Å². The molecular weight excluding hydrogens is 204 g/mol. The van der Waals surface area contributed by atoms with Crippen LogP contribution in [-0.4, -0.2) is 0 Å². The molecule has 0 radical (unpaired) electrons. The summed E-state index contributed by atoms with van der Waals surface area (Å²) in [5, 5.41) is 0. The van der Waals surface area contributed by atoms with Gasteiger partial charge in [0, 0.05) is 0 Å². The first kappa shape index (κ1) is 16.7. The molecule has 0 bridgehead atoms. The highest BCUT2D eigenvalue weighted by Crippen LogP contribution is 2.18. The Morgan fingerprint density at radius 1 is 0.647 bits per heavy atom. The van der Waals surface area contributed by atoms with Gasteiger partial charge < -0.3 is 0 Å². The lowest BCUT2D eigenvalue weighted by Crippen LogP contribution is -1.87. The fourth-order valence-electron chi connectivity index (χ4n) is 2.23. The molecule has 0 saturated carbocycles. The van der Waals surface area contributed by atoms with Crippen LogP contribution in [0.5, 0.6) is 0 Å². The zero-order chi connectivity index (χ0) is 12.8. The second-order valence-electron chi connectivity index (χ2n) is 5.27. The van der Waals surface area contributed by atoms with Crippen molar-refractivity contribution >= 4 is 0 Å². The van der Waals surface area contributed by atoms with Crippen LogP contribution in [0, 0.1) is 0 Å². The Hall–Kier alpha value is -0.260. The summed E-state index contributed by atoms with van der Waals surface area (Å²) in [5.41, 5.74) is 1.75. The van der Waals surface area contributed by atoms with Crippen LogP contribution < -0.4 is 0 Å². The van der Waals surface area contributed by atoms with E-state index < -0.39 is 0 Å². The van der Waals surface area contributed by atoms with Crippen LogP contribution >= 0.6 is 0 Å². The summed E-state index contributed by atoms with van der Waals surface area (Å²) in [5.74, 6) is 0. The maximum absolute atomic E-state index is 2.56. The van der Waals surface area contributed by atoms with Crippen LogP contribution in [0.1, 0.15) is 97.8 Å². The summed E-state index contributed by atoms with van der Waals surface area (Å²) < 4.78 is 0. The highest BCUT2D eigenvalue weighted by Gasteiger charge is 1.98. The summed E-state index contributed by atoms with van der Waals surface area (Å²) in [7, 11) is 0. The quantitative estimate of drug-likeness (QED) is 0.263. The molecule has 0 spiro atoms. The van der Waals surface area contributed by atoms with E-state index >= 15 is 0 Å². The van der Waals surface area contributed by atoms with E-state index in [1.54, 1.807) is 5.57 Å². The molecular formula is C17H34. The third-order valence-corrected chi connectivity index (χ3v) is 3.44. The normalized spacial score (nSPS) is 10.5. The highest BCUT2D eigenvalue weighted by atomic mass is 14.0. The Morgan fingerprint density at radius 2 is 1.12 bits per heavy atom. The molecule has 17 heavy (non-hydrogen) atoms. The van der Waals surface area contributed by atoms with Crippen LogP contribution in [0.4, 0.5) is 0 Å². The summed E-state index contributed by atoms with van der Waals surface area (Å²) in [6.07, 6.45) is 19.0. The first-order valence-electron chi connectivity index (χ1n) is 8.03. The zero-order valence-corrected chi connectivity index (χ0v) is 12.6. The predicted octanol–water partition coefficient (Wildman–Crippen LogP) is 6.65. The van der Waals surface area contributed by atoms with Crippen molar-refractivity contribution in [1.82, 2.24) is 0 Å². The molecule has 0 saturated heterocycles. The molecule has 0 N–H and O–H groups in total. The SMILES string of the molecule is CCCCCC=C(CCCCC)CCCCC. The van der Waals surface area contributed by atoms with Gasteiger partial charge in [-0.05, 0) is 38.5 Å². The minimum atomic E-state index is 1.32. The van der Waals surface area contributed by atoms with E-state index in [1.165, 1.54) is 77.0 Å². The molecule has 0 heterocycles. The van der Waals surface area contributed by atoms with Crippen LogP contribution in [0.15, 0.2) is 11.6 Å². The van der Waals surface area contributed by atoms with Gasteiger partial charge in [0.05, 0.1) is 0 Å². The number of allylic oxidation sites excluding steroid dienone is 2. The topological polar surface area (TPSA) is 0 Å². The van der Waals surface area contributed by atoms with Crippen molar-refractivity contribution in [3.63, 3.8) is 0 Å². The monoisotopic (exact) mass is 238 g/mol.